The largest absolute Gasteiger partial charge is 0.355 e. The van der Waals surface area contributed by atoms with E-state index in [0.29, 0.717) is 0 Å². The van der Waals surface area contributed by atoms with Crippen LogP contribution in [0.1, 0.15) is 18.4 Å². The molecule has 0 bridgehead atoms. The number of rotatable bonds is 4. The van der Waals surface area contributed by atoms with Crippen LogP contribution in [0, 0.1) is 12.8 Å². The van der Waals surface area contributed by atoms with Crippen LogP contribution in [0.4, 0.5) is 11.5 Å². The van der Waals surface area contributed by atoms with E-state index >= 15 is 0 Å². The van der Waals surface area contributed by atoms with E-state index in [1.54, 1.807) is 0 Å². The molecule has 5 nitrogen and oxygen atoms in total. The number of carbonyl (C=O) groups is 1. The van der Waals surface area contributed by atoms with Gasteiger partial charge in [0, 0.05) is 30.3 Å². The first kappa shape index (κ1) is 18.2. The number of anilines is 2. The minimum Gasteiger partial charge on any atom is -0.355 e. The molecule has 28 heavy (non-hydrogen) atoms. The number of amides is 1. The second-order valence-electron chi connectivity index (χ2n) is 7.26. The first-order chi connectivity index (χ1) is 13.7. The van der Waals surface area contributed by atoms with Crippen molar-refractivity contribution in [3.05, 3.63) is 72.3 Å². The molecule has 0 unspecified atom stereocenters. The summed E-state index contributed by atoms with van der Waals surface area (Å²) in [6, 6.07) is 22.0. The molecule has 1 saturated heterocycles. The van der Waals surface area contributed by atoms with Gasteiger partial charge in [0.25, 0.3) is 0 Å². The Morgan fingerprint density at radius 3 is 2.43 bits per heavy atom. The highest BCUT2D eigenvalue weighted by Crippen LogP contribution is 2.24. The molecule has 1 amide bonds. The van der Waals surface area contributed by atoms with E-state index in [-0.39, 0.29) is 11.8 Å². The molecule has 1 aliphatic rings. The first-order valence-corrected chi connectivity index (χ1v) is 9.71. The van der Waals surface area contributed by atoms with E-state index in [1.165, 1.54) is 0 Å². The lowest BCUT2D eigenvalue weighted by atomic mass is 9.95. The number of aryl methyl sites for hydroxylation is 1. The van der Waals surface area contributed by atoms with Crippen LogP contribution in [0.25, 0.3) is 11.3 Å². The maximum Gasteiger partial charge on any atom is 0.227 e. The van der Waals surface area contributed by atoms with Gasteiger partial charge in [0.05, 0.1) is 5.69 Å². The summed E-state index contributed by atoms with van der Waals surface area (Å²) in [6.45, 7) is 3.65. The van der Waals surface area contributed by atoms with Crippen LogP contribution in [-0.4, -0.2) is 29.2 Å². The van der Waals surface area contributed by atoms with Crippen molar-refractivity contribution in [2.24, 2.45) is 5.92 Å². The zero-order chi connectivity index (χ0) is 19.3. The molecule has 1 aromatic heterocycles. The number of nitrogens with zero attached hydrogens (tertiary/aromatic N) is 3. The summed E-state index contributed by atoms with van der Waals surface area (Å²) in [5.41, 5.74) is 3.95. The first-order valence-electron chi connectivity index (χ1n) is 9.71. The average Bonchev–Trinajstić information content (AvgIpc) is 2.75. The molecule has 1 fully saturated rings. The molecule has 2 heterocycles. The molecule has 0 atom stereocenters. The van der Waals surface area contributed by atoms with Crippen molar-refractivity contribution in [2.75, 3.05) is 23.3 Å². The summed E-state index contributed by atoms with van der Waals surface area (Å²) in [6.07, 6.45) is 1.64. The number of piperidine rings is 1. The highest BCUT2D eigenvalue weighted by atomic mass is 16.1. The number of carbonyl (C=O) groups excluding carboxylic acids is 1. The Kier molecular flexibility index (Phi) is 5.33. The summed E-state index contributed by atoms with van der Waals surface area (Å²) in [5.74, 6) is 1.02. The van der Waals surface area contributed by atoms with E-state index in [9.17, 15) is 4.79 Å². The van der Waals surface area contributed by atoms with Gasteiger partial charge in [0.1, 0.15) is 0 Å². The van der Waals surface area contributed by atoms with Crippen molar-refractivity contribution >= 4 is 17.4 Å². The summed E-state index contributed by atoms with van der Waals surface area (Å²) >= 11 is 0. The zero-order valence-electron chi connectivity index (χ0n) is 16.0. The smallest absolute Gasteiger partial charge is 0.227 e. The van der Waals surface area contributed by atoms with Gasteiger partial charge in [0.2, 0.25) is 5.91 Å². The highest BCUT2D eigenvalue weighted by molar-refractivity contribution is 5.92. The lowest BCUT2D eigenvalue weighted by molar-refractivity contribution is -0.120. The van der Waals surface area contributed by atoms with Crippen LogP contribution in [0.3, 0.4) is 0 Å². The Labute approximate surface area is 165 Å². The molecule has 3 aromatic rings. The number of hydrogen-bond acceptors (Lipinski definition) is 4. The summed E-state index contributed by atoms with van der Waals surface area (Å²) < 4.78 is 0. The minimum atomic E-state index is 0.0355. The fourth-order valence-electron chi connectivity index (χ4n) is 3.59. The predicted octanol–water partition coefficient (Wildman–Crippen LogP) is 4.31. The summed E-state index contributed by atoms with van der Waals surface area (Å²) in [5, 5.41) is 11.8. The van der Waals surface area contributed by atoms with Crippen molar-refractivity contribution in [1.82, 2.24) is 10.2 Å². The van der Waals surface area contributed by atoms with Gasteiger partial charge in [0.15, 0.2) is 5.82 Å². The molecule has 1 aliphatic heterocycles. The van der Waals surface area contributed by atoms with Gasteiger partial charge in [-0.1, -0.05) is 42.5 Å². The molecule has 142 valence electrons. The van der Waals surface area contributed by atoms with Gasteiger partial charge in [-0.25, -0.2) is 0 Å². The van der Waals surface area contributed by atoms with Crippen molar-refractivity contribution in [3.63, 3.8) is 0 Å². The van der Waals surface area contributed by atoms with E-state index in [1.807, 2.05) is 73.7 Å². The number of aromatic nitrogens is 2. The highest BCUT2D eigenvalue weighted by Gasteiger charge is 2.25. The maximum atomic E-state index is 12.6. The molecule has 0 saturated carbocycles. The number of nitrogens with one attached hydrogen (secondary N) is 1. The molecule has 0 spiro atoms. The van der Waals surface area contributed by atoms with Crippen LogP contribution < -0.4 is 10.2 Å². The molecule has 4 rings (SSSR count). The fraction of sp³-hybridized carbons (Fsp3) is 0.261. The second kappa shape index (κ2) is 8.21. The molecule has 0 radical (unpaired) electrons. The van der Waals surface area contributed by atoms with Crippen molar-refractivity contribution < 1.29 is 4.79 Å². The molecule has 0 aliphatic carbocycles. The minimum absolute atomic E-state index is 0.0355. The van der Waals surface area contributed by atoms with E-state index in [4.69, 9.17) is 0 Å². The molecular formula is C23H24N4O. The summed E-state index contributed by atoms with van der Waals surface area (Å²) in [7, 11) is 0. The lowest BCUT2D eigenvalue weighted by Crippen LogP contribution is -2.38. The summed E-state index contributed by atoms with van der Waals surface area (Å²) in [4.78, 5) is 14.8. The maximum absolute atomic E-state index is 12.6. The lowest BCUT2D eigenvalue weighted by Gasteiger charge is -2.31. The van der Waals surface area contributed by atoms with Crippen molar-refractivity contribution in [3.8, 4) is 11.3 Å². The standard InChI is InChI=1S/C23H24N4O/c1-17-6-5-9-20(16-17)24-23(28)19-12-14-27(15-13-19)22-11-10-21(25-26-22)18-7-3-2-4-8-18/h2-11,16,19H,12-15H2,1H3,(H,24,28). The predicted molar refractivity (Wildman–Crippen MR) is 112 cm³/mol. The van der Waals surface area contributed by atoms with Gasteiger partial charge in [-0.15, -0.1) is 10.2 Å². The third-order valence-corrected chi connectivity index (χ3v) is 5.20. The third-order valence-electron chi connectivity index (χ3n) is 5.20. The quantitative estimate of drug-likeness (QED) is 0.741. The van der Waals surface area contributed by atoms with E-state index in [0.717, 1.165) is 54.3 Å². The van der Waals surface area contributed by atoms with Crippen LogP contribution in [0.2, 0.25) is 0 Å². The monoisotopic (exact) mass is 372 g/mol. The van der Waals surface area contributed by atoms with Crippen LogP contribution >= 0.6 is 0 Å². The Bertz CT molecular complexity index is 932. The third kappa shape index (κ3) is 4.19. The van der Waals surface area contributed by atoms with Crippen molar-refractivity contribution in [2.45, 2.75) is 19.8 Å². The van der Waals surface area contributed by atoms with Crippen LogP contribution in [0.5, 0.6) is 0 Å². The van der Waals surface area contributed by atoms with E-state index in [2.05, 4.69) is 20.4 Å². The molecule has 1 N–H and O–H groups in total. The molecular weight excluding hydrogens is 348 g/mol. The second-order valence-corrected chi connectivity index (χ2v) is 7.26. The van der Waals surface area contributed by atoms with Gasteiger partial charge in [-0.05, 0) is 49.6 Å². The van der Waals surface area contributed by atoms with E-state index < -0.39 is 0 Å². The van der Waals surface area contributed by atoms with Gasteiger partial charge < -0.3 is 10.2 Å². The van der Waals surface area contributed by atoms with Crippen LogP contribution in [0.15, 0.2) is 66.7 Å². The van der Waals surface area contributed by atoms with Crippen molar-refractivity contribution in [1.29, 1.82) is 0 Å². The Balaban J connectivity index is 1.34. The number of benzene rings is 2. The van der Waals surface area contributed by atoms with Crippen LogP contribution in [-0.2, 0) is 4.79 Å². The fourth-order valence-corrected chi connectivity index (χ4v) is 3.59. The zero-order valence-corrected chi connectivity index (χ0v) is 16.0. The van der Waals surface area contributed by atoms with Gasteiger partial charge in [-0.3, -0.25) is 4.79 Å². The van der Waals surface area contributed by atoms with Gasteiger partial charge in [-0.2, -0.15) is 0 Å². The Hall–Kier alpha value is -3.21. The molecule has 5 heteroatoms. The Morgan fingerprint density at radius 2 is 1.75 bits per heavy atom. The topological polar surface area (TPSA) is 58.1 Å². The van der Waals surface area contributed by atoms with Gasteiger partial charge >= 0.3 is 0 Å². The Morgan fingerprint density at radius 1 is 0.964 bits per heavy atom. The number of hydrogen-bond donors (Lipinski definition) is 1. The normalized spacial score (nSPS) is 14.7. The molecule has 2 aromatic carbocycles. The average molecular weight is 372 g/mol. The SMILES string of the molecule is Cc1cccc(NC(=O)C2CCN(c3ccc(-c4ccccc4)nn3)CC2)c1.